The van der Waals surface area contributed by atoms with Crippen LogP contribution >= 0.6 is 12.2 Å². The first kappa shape index (κ1) is 19.2. The highest BCUT2D eigenvalue weighted by atomic mass is 32.1. The number of hydrogen-bond donors (Lipinski definition) is 2. The number of anilines is 1. The monoisotopic (exact) mass is 401 g/mol. The maximum absolute atomic E-state index is 12.6. The van der Waals surface area contributed by atoms with Gasteiger partial charge >= 0.3 is 0 Å². The van der Waals surface area contributed by atoms with Gasteiger partial charge in [0.25, 0.3) is 0 Å². The van der Waals surface area contributed by atoms with E-state index in [1.807, 2.05) is 41.3 Å². The van der Waals surface area contributed by atoms with E-state index in [-0.39, 0.29) is 18.5 Å². The number of para-hydroxylation sites is 1. The zero-order valence-electron chi connectivity index (χ0n) is 16.3. The Morgan fingerprint density at radius 3 is 2.48 bits per heavy atom. The molecule has 0 aromatic heterocycles. The number of nitrogens with one attached hydrogen (secondary N) is 2. The molecular weight excluding hydrogens is 378 g/mol. The molecule has 1 aliphatic heterocycles. The lowest BCUT2D eigenvalue weighted by Crippen LogP contribution is -2.44. The molecule has 1 amide bonds. The second kappa shape index (κ2) is 8.45. The zero-order valence-corrected chi connectivity index (χ0v) is 17.1. The molecule has 0 aliphatic carbocycles. The largest absolute Gasteiger partial charge is 0.358 e. The van der Waals surface area contributed by atoms with Gasteiger partial charge in [-0.1, -0.05) is 78.4 Å². The van der Waals surface area contributed by atoms with Crippen LogP contribution in [-0.2, 0) is 11.3 Å². The molecular formula is C24H23N3OS. The van der Waals surface area contributed by atoms with Crippen molar-refractivity contribution in [2.45, 2.75) is 19.5 Å². The highest BCUT2D eigenvalue weighted by Gasteiger charge is 2.31. The van der Waals surface area contributed by atoms with Gasteiger partial charge in [-0.05, 0) is 36.3 Å². The Balaban J connectivity index is 1.69. The molecule has 1 unspecified atom stereocenters. The van der Waals surface area contributed by atoms with Crippen LogP contribution in [0.3, 0.4) is 0 Å². The molecule has 1 heterocycles. The minimum Gasteiger partial charge on any atom is -0.358 e. The second-order valence-corrected chi connectivity index (χ2v) is 7.61. The van der Waals surface area contributed by atoms with Gasteiger partial charge in [-0.15, -0.1) is 0 Å². The average Bonchev–Trinajstić information content (AvgIpc) is 2.89. The summed E-state index contributed by atoms with van der Waals surface area (Å²) in [7, 11) is 0. The standard InChI is InChI=1S/C24H23N3OS/c1-17-11-13-19(14-12-17)23-20-9-5-6-10-21(20)26-22(28)16-27(23)24(29)25-15-18-7-3-2-4-8-18/h2-14,23H,15-16H2,1H3,(H,25,29)(H,26,28). The highest BCUT2D eigenvalue weighted by Crippen LogP contribution is 2.35. The predicted molar refractivity (Wildman–Crippen MR) is 121 cm³/mol. The molecule has 0 fully saturated rings. The third kappa shape index (κ3) is 4.30. The van der Waals surface area contributed by atoms with E-state index in [2.05, 4.69) is 60.0 Å². The Morgan fingerprint density at radius 2 is 1.72 bits per heavy atom. The molecule has 0 saturated carbocycles. The van der Waals surface area contributed by atoms with Gasteiger partial charge in [-0.3, -0.25) is 4.79 Å². The number of hydrogen-bond acceptors (Lipinski definition) is 2. The molecule has 1 aliphatic rings. The predicted octanol–water partition coefficient (Wildman–Crippen LogP) is 4.41. The molecule has 4 nitrogen and oxygen atoms in total. The van der Waals surface area contributed by atoms with E-state index >= 15 is 0 Å². The Kier molecular flexibility index (Phi) is 5.58. The molecule has 0 saturated heterocycles. The number of fused-ring (bicyclic) bond motifs is 1. The number of nitrogens with zero attached hydrogens (tertiary/aromatic N) is 1. The number of thiocarbonyl (C=S) groups is 1. The first-order chi connectivity index (χ1) is 14.1. The van der Waals surface area contributed by atoms with Gasteiger partial charge in [0.2, 0.25) is 5.91 Å². The minimum absolute atomic E-state index is 0.0732. The van der Waals surface area contributed by atoms with Crippen LogP contribution in [0.5, 0.6) is 0 Å². The summed E-state index contributed by atoms with van der Waals surface area (Å²) in [6.07, 6.45) is 0. The fraction of sp³-hybridized carbons (Fsp3) is 0.167. The molecule has 1 atom stereocenters. The molecule has 2 N–H and O–H groups in total. The molecule has 0 spiro atoms. The lowest BCUT2D eigenvalue weighted by Gasteiger charge is -2.33. The lowest BCUT2D eigenvalue weighted by atomic mass is 9.95. The third-order valence-corrected chi connectivity index (χ3v) is 5.47. The first-order valence-electron chi connectivity index (χ1n) is 9.65. The number of carbonyl (C=O) groups excluding carboxylic acids is 1. The van der Waals surface area contributed by atoms with Gasteiger partial charge < -0.3 is 15.5 Å². The van der Waals surface area contributed by atoms with Crippen LogP contribution in [-0.4, -0.2) is 22.5 Å². The Morgan fingerprint density at radius 1 is 1.03 bits per heavy atom. The molecule has 4 rings (SSSR count). The minimum atomic E-state index is -0.151. The normalized spacial score (nSPS) is 15.8. The SMILES string of the molecule is Cc1ccc(C2c3ccccc3NC(=O)CN2C(=S)NCc2ccccc2)cc1. The fourth-order valence-corrected chi connectivity index (χ4v) is 3.87. The van der Waals surface area contributed by atoms with E-state index in [4.69, 9.17) is 12.2 Å². The van der Waals surface area contributed by atoms with Crippen molar-refractivity contribution < 1.29 is 4.79 Å². The van der Waals surface area contributed by atoms with Crippen LogP contribution in [0.2, 0.25) is 0 Å². The van der Waals surface area contributed by atoms with Crippen LogP contribution in [0, 0.1) is 6.92 Å². The fourth-order valence-electron chi connectivity index (χ4n) is 3.63. The Bertz CT molecular complexity index is 1020. The van der Waals surface area contributed by atoms with Crippen LogP contribution < -0.4 is 10.6 Å². The summed E-state index contributed by atoms with van der Waals surface area (Å²) in [6, 6.07) is 26.3. The maximum atomic E-state index is 12.6. The van der Waals surface area contributed by atoms with Crippen LogP contribution in [0.4, 0.5) is 5.69 Å². The van der Waals surface area contributed by atoms with Crippen LogP contribution in [0.1, 0.15) is 28.3 Å². The van der Waals surface area contributed by atoms with Gasteiger partial charge in [-0.25, -0.2) is 0 Å². The van der Waals surface area contributed by atoms with Gasteiger partial charge in [0.05, 0.1) is 6.04 Å². The van der Waals surface area contributed by atoms with Crippen LogP contribution in [0.25, 0.3) is 0 Å². The molecule has 29 heavy (non-hydrogen) atoms. The summed E-state index contributed by atoms with van der Waals surface area (Å²) in [4.78, 5) is 14.6. The van der Waals surface area contributed by atoms with Crippen molar-refractivity contribution in [2.24, 2.45) is 0 Å². The van der Waals surface area contributed by atoms with Crippen molar-refractivity contribution >= 4 is 28.9 Å². The Hall–Kier alpha value is -3.18. The van der Waals surface area contributed by atoms with Crippen molar-refractivity contribution in [1.82, 2.24) is 10.2 Å². The van der Waals surface area contributed by atoms with E-state index < -0.39 is 0 Å². The quantitative estimate of drug-likeness (QED) is 0.638. The molecule has 0 radical (unpaired) electrons. The number of carbonyl (C=O) groups is 1. The molecule has 146 valence electrons. The Labute approximate surface area is 176 Å². The van der Waals surface area contributed by atoms with E-state index in [1.165, 1.54) is 5.56 Å². The smallest absolute Gasteiger partial charge is 0.244 e. The summed E-state index contributed by atoms with van der Waals surface area (Å²) >= 11 is 5.75. The summed E-state index contributed by atoms with van der Waals surface area (Å²) in [5, 5.41) is 6.92. The lowest BCUT2D eigenvalue weighted by molar-refractivity contribution is -0.116. The topological polar surface area (TPSA) is 44.4 Å². The van der Waals surface area contributed by atoms with Crippen molar-refractivity contribution in [2.75, 3.05) is 11.9 Å². The number of aryl methyl sites for hydroxylation is 1. The van der Waals surface area contributed by atoms with E-state index in [0.717, 1.165) is 22.4 Å². The second-order valence-electron chi connectivity index (χ2n) is 7.22. The van der Waals surface area contributed by atoms with Crippen molar-refractivity contribution in [3.63, 3.8) is 0 Å². The summed E-state index contributed by atoms with van der Waals surface area (Å²) in [5.41, 5.74) is 5.30. The molecule has 0 bridgehead atoms. The maximum Gasteiger partial charge on any atom is 0.244 e. The van der Waals surface area contributed by atoms with Crippen molar-refractivity contribution in [3.05, 3.63) is 101 Å². The van der Waals surface area contributed by atoms with Crippen molar-refractivity contribution in [3.8, 4) is 0 Å². The number of benzene rings is 3. The summed E-state index contributed by atoms with van der Waals surface area (Å²) in [5.74, 6) is -0.0732. The van der Waals surface area contributed by atoms with Gasteiger partial charge in [0.15, 0.2) is 5.11 Å². The first-order valence-corrected chi connectivity index (χ1v) is 10.1. The zero-order chi connectivity index (χ0) is 20.2. The molecule has 3 aromatic carbocycles. The molecule has 3 aromatic rings. The number of amides is 1. The molecule has 5 heteroatoms. The highest BCUT2D eigenvalue weighted by molar-refractivity contribution is 7.80. The average molecular weight is 402 g/mol. The summed E-state index contributed by atoms with van der Waals surface area (Å²) in [6.45, 7) is 2.87. The van der Waals surface area contributed by atoms with E-state index in [0.29, 0.717) is 11.7 Å². The van der Waals surface area contributed by atoms with Gasteiger partial charge in [-0.2, -0.15) is 0 Å². The van der Waals surface area contributed by atoms with Crippen LogP contribution in [0.15, 0.2) is 78.9 Å². The van der Waals surface area contributed by atoms with E-state index in [1.54, 1.807) is 0 Å². The van der Waals surface area contributed by atoms with Gasteiger partial charge in [0.1, 0.15) is 6.54 Å². The summed E-state index contributed by atoms with van der Waals surface area (Å²) < 4.78 is 0. The van der Waals surface area contributed by atoms with E-state index in [9.17, 15) is 4.79 Å². The van der Waals surface area contributed by atoms with Crippen molar-refractivity contribution in [1.29, 1.82) is 0 Å². The third-order valence-electron chi connectivity index (χ3n) is 5.10. The number of rotatable bonds is 3. The van der Waals surface area contributed by atoms with Gasteiger partial charge in [0, 0.05) is 17.8 Å².